The predicted octanol–water partition coefficient (Wildman–Crippen LogP) is 21.3. The smallest absolute Gasteiger partial charge is 0.237 e. The lowest BCUT2D eigenvalue weighted by molar-refractivity contribution is 0.972. The summed E-state index contributed by atoms with van der Waals surface area (Å²) in [5.74, 6) is 1.32. The number of hydrogen-bond acceptors (Lipinski definition) is 5. The highest BCUT2D eigenvalue weighted by Crippen LogP contribution is 2.45. The quantitative estimate of drug-likeness (QED) is 0.122. The van der Waals surface area contributed by atoms with Crippen LogP contribution in [0.2, 0.25) is 0 Å². The molecule has 0 spiro atoms. The lowest BCUT2D eigenvalue weighted by Crippen LogP contribution is -2.12. The molecule has 0 N–H and O–H groups in total. The van der Waals surface area contributed by atoms with Gasteiger partial charge < -0.3 is 19.3 Å². The molecule has 0 bridgehead atoms. The summed E-state index contributed by atoms with van der Waals surface area (Å²) in [4.78, 5) is 18.7. The third-order valence-corrected chi connectivity index (χ3v) is 17.1. The predicted molar refractivity (Wildman–Crippen MR) is 367 cm³/mol. The molecule has 8 nitrogen and oxygen atoms in total. The van der Waals surface area contributed by atoms with Crippen molar-refractivity contribution in [2.45, 2.75) is 0 Å². The number of anilines is 9. The van der Waals surface area contributed by atoms with Crippen molar-refractivity contribution in [3.63, 3.8) is 0 Å². The van der Waals surface area contributed by atoms with E-state index in [1.165, 1.54) is 10.8 Å². The molecule has 0 saturated carbocycles. The van der Waals surface area contributed by atoms with Crippen LogP contribution >= 0.6 is 0 Å². The molecule has 414 valence electrons. The van der Waals surface area contributed by atoms with Crippen LogP contribution in [0.25, 0.3) is 93.8 Å². The molecule has 88 heavy (non-hydrogen) atoms. The molecule has 0 aliphatic rings. The zero-order chi connectivity index (χ0) is 58.1. The Balaban J connectivity index is 0.932. The number of para-hydroxylation sites is 9. The summed E-state index contributed by atoms with van der Waals surface area (Å²) in [7, 11) is 0. The second-order valence-corrected chi connectivity index (χ2v) is 22.2. The van der Waals surface area contributed by atoms with Gasteiger partial charge in [0.05, 0.1) is 38.6 Å². The molecule has 0 aliphatic heterocycles. The van der Waals surface area contributed by atoms with Crippen LogP contribution in [-0.4, -0.2) is 23.7 Å². The summed E-state index contributed by atoms with van der Waals surface area (Å²) < 4.78 is 7.01. The zero-order valence-corrected chi connectivity index (χ0v) is 47.8. The van der Waals surface area contributed by atoms with Gasteiger partial charge in [-0.1, -0.05) is 176 Å². The average molecular weight is 1130 g/mol. The van der Waals surface area contributed by atoms with Gasteiger partial charge in [-0.15, -0.1) is 0 Å². The summed E-state index contributed by atoms with van der Waals surface area (Å²) in [5, 5.41) is 7.72. The Hall–Kier alpha value is -12.0. The molecule has 17 rings (SSSR count). The zero-order valence-electron chi connectivity index (χ0n) is 47.8. The molecule has 13 aromatic carbocycles. The highest BCUT2D eigenvalue weighted by atomic mass is 15.2. The van der Waals surface area contributed by atoms with Crippen LogP contribution in [-0.2, 0) is 0 Å². The highest BCUT2D eigenvalue weighted by Gasteiger charge is 2.25. The molecule has 0 atom stereocenters. The minimum absolute atomic E-state index is 0.563. The van der Waals surface area contributed by atoms with E-state index >= 15 is 0 Å². The summed E-state index contributed by atoms with van der Waals surface area (Å²) in [6, 6.07) is 117. The van der Waals surface area contributed by atoms with Crippen LogP contribution in [0, 0.1) is 0 Å². The lowest BCUT2D eigenvalue weighted by atomic mass is 10.1. The third-order valence-electron chi connectivity index (χ3n) is 17.1. The van der Waals surface area contributed by atoms with Crippen LogP contribution in [0.4, 0.5) is 51.2 Å². The average Bonchev–Trinajstić information content (AvgIpc) is 1.82. The van der Waals surface area contributed by atoms with Crippen molar-refractivity contribution in [2.75, 3.05) is 14.7 Å². The van der Waals surface area contributed by atoms with Gasteiger partial charge in [-0.25, -0.2) is 4.98 Å². The maximum atomic E-state index is 5.96. The molecule has 0 unspecified atom stereocenters. The fraction of sp³-hybridized carbons (Fsp3) is 0. The monoisotopic (exact) mass is 1130 g/mol. The number of hydrogen-bond donors (Lipinski definition) is 0. The molecular weight excluding hydrogens is 1070 g/mol. The first-order valence-corrected chi connectivity index (χ1v) is 29.8. The largest absolute Gasteiger partial charge is 0.310 e. The van der Waals surface area contributed by atoms with Gasteiger partial charge >= 0.3 is 0 Å². The van der Waals surface area contributed by atoms with Crippen LogP contribution in [0.1, 0.15) is 0 Å². The molecule has 0 saturated heterocycles. The molecule has 0 fully saturated rings. The highest BCUT2D eigenvalue weighted by molar-refractivity contribution is 6.14. The van der Waals surface area contributed by atoms with Crippen molar-refractivity contribution in [3.05, 3.63) is 328 Å². The Morgan fingerprint density at radius 3 is 1.02 bits per heavy atom. The Bertz CT molecular complexity index is 5370. The van der Waals surface area contributed by atoms with Gasteiger partial charge in [-0.05, 0) is 152 Å². The van der Waals surface area contributed by atoms with Crippen molar-refractivity contribution >= 4 is 128 Å². The van der Waals surface area contributed by atoms with Gasteiger partial charge in [0.25, 0.3) is 0 Å². The molecule has 4 heterocycles. The van der Waals surface area contributed by atoms with Gasteiger partial charge in [0, 0.05) is 94.6 Å². The minimum atomic E-state index is 0.563. The summed E-state index contributed by atoms with van der Waals surface area (Å²) in [5.41, 5.74) is 17.6. The van der Waals surface area contributed by atoms with Gasteiger partial charge in [-0.3, -0.25) is 9.13 Å². The normalized spacial score (nSPS) is 11.6. The third kappa shape index (κ3) is 8.37. The molecule has 17 aromatic rings. The molecule has 8 heteroatoms. The first-order valence-electron chi connectivity index (χ1n) is 29.8. The summed E-state index contributed by atoms with van der Waals surface area (Å²) in [6.07, 6.45) is 0. The fourth-order valence-corrected chi connectivity index (χ4v) is 13.3. The van der Waals surface area contributed by atoms with Crippen LogP contribution in [0.15, 0.2) is 328 Å². The van der Waals surface area contributed by atoms with Crippen LogP contribution in [0.5, 0.6) is 0 Å². The van der Waals surface area contributed by atoms with E-state index in [-0.39, 0.29) is 0 Å². The topological polar surface area (TPSA) is 50.3 Å². The number of rotatable bonds is 12. The molecule has 0 radical (unpaired) electrons. The Morgan fingerprint density at radius 2 is 0.534 bits per heavy atom. The van der Waals surface area contributed by atoms with Gasteiger partial charge in [0.2, 0.25) is 5.95 Å². The number of fused-ring (bicyclic) bond motifs is 10. The van der Waals surface area contributed by atoms with E-state index in [0.29, 0.717) is 5.95 Å². The SMILES string of the molecule is c1ccc(N(c2ccccc2)c2ccc3c(c2)c2ccccc2n3-c2nc(-n3c4ccccc4c4ccc(N(c5ccccc5)c5ccccc5)cc43)c3cc(N(c4ccccc4)c4ccc5c6ccccc6n(-c6ccccc6)c5c4)ccc3n2)cc1. The van der Waals surface area contributed by atoms with Crippen molar-refractivity contribution in [1.82, 2.24) is 23.7 Å². The Kier molecular flexibility index (Phi) is 12.0. The number of benzene rings is 13. The van der Waals surface area contributed by atoms with E-state index in [1.807, 2.05) is 0 Å². The number of nitrogens with zero attached hydrogens (tertiary/aromatic N) is 8. The fourth-order valence-electron chi connectivity index (χ4n) is 13.3. The minimum Gasteiger partial charge on any atom is -0.310 e. The van der Waals surface area contributed by atoms with Gasteiger partial charge in [-0.2, -0.15) is 4.98 Å². The van der Waals surface area contributed by atoms with Crippen molar-refractivity contribution in [2.24, 2.45) is 0 Å². The Morgan fingerprint density at radius 1 is 0.205 bits per heavy atom. The molecular formula is C80H54N8. The standard InChI is InChI=1S/C80H54N8/c1-7-25-55(26-8-1)83(56-27-9-2-10-28-56)62-46-50-76-70(51-62)67-39-21-24-42-75(67)88(76)80-81-72-49-45-61(85(59-33-15-5-16-34-59)64-44-47-68-65-37-19-22-40-73(65)86(77(68)53-64)60-35-17-6-18-36-60)52-71(72)79(82-80)87-74-41-23-20-38-66(74)69-48-43-63(54-78(69)87)84(57-29-11-3-12-30-57)58-31-13-4-14-32-58/h1-54H. The van der Waals surface area contributed by atoms with Crippen LogP contribution in [0.3, 0.4) is 0 Å². The van der Waals surface area contributed by atoms with Gasteiger partial charge in [0.15, 0.2) is 5.82 Å². The van der Waals surface area contributed by atoms with Crippen molar-refractivity contribution < 1.29 is 0 Å². The maximum absolute atomic E-state index is 5.96. The second-order valence-electron chi connectivity index (χ2n) is 22.2. The van der Waals surface area contributed by atoms with E-state index in [2.05, 4.69) is 356 Å². The van der Waals surface area contributed by atoms with Gasteiger partial charge in [0.1, 0.15) is 0 Å². The van der Waals surface area contributed by atoms with E-state index in [4.69, 9.17) is 9.97 Å². The Labute approximate surface area is 508 Å². The van der Waals surface area contributed by atoms with Crippen molar-refractivity contribution in [3.8, 4) is 17.5 Å². The summed E-state index contributed by atoms with van der Waals surface area (Å²) >= 11 is 0. The maximum Gasteiger partial charge on any atom is 0.237 e. The molecule has 4 aromatic heterocycles. The van der Waals surface area contributed by atoms with E-state index in [0.717, 1.165) is 128 Å². The van der Waals surface area contributed by atoms with E-state index < -0.39 is 0 Å². The lowest BCUT2D eigenvalue weighted by Gasteiger charge is -2.26. The molecule has 0 aliphatic carbocycles. The van der Waals surface area contributed by atoms with E-state index in [9.17, 15) is 0 Å². The van der Waals surface area contributed by atoms with Crippen LogP contribution < -0.4 is 14.7 Å². The van der Waals surface area contributed by atoms with Crippen molar-refractivity contribution in [1.29, 1.82) is 0 Å². The number of aromatic nitrogens is 5. The second kappa shape index (κ2) is 21.0. The first-order chi connectivity index (χ1) is 43.7. The first kappa shape index (κ1) is 50.5. The molecule has 0 amide bonds. The van der Waals surface area contributed by atoms with E-state index in [1.54, 1.807) is 0 Å². The summed E-state index contributed by atoms with van der Waals surface area (Å²) in [6.45, 7) is 0.